The molecular weight excluding hydrogens is 490 g/mol. The summed E-state index contributed by atoms with van der Waals surface area (Å²) in [4.78, 5) is 19.7. The number of amides is 1. The average molecular weight is 536 g/mol. The Bertz CT molecular complexity index is 1070. The third-order valence-electron chi connectivity index (χ3n) is 7.95. The number of rotatable bonds is 11. The second-order valence-electron chi connectivity index (χ2n) is 10.8. The number of nitrogens with zero attached hydrogens (tertiary/aromatic N) is 3. The predicted molar refractivity (Wildman–Crippen MR) is 155 cm³/mol. The van der Waals surface area contributed by atoms with E-state index in [1.54, 1.807) is 4.90 Å². The van der Waals surface area contributed by atoms with Crippen LogP contribution in [0.15, 0.2) is 61.2 Å². The molecule has 0 spiro atoms. The van der Waals surface area contributed by atoms with Gasteiger partial charge in [0, 0.05) is 56.8 Å². The highest BCUT2D eigenvalue weighted by Crippen LogP contribution is 2.35. The molecule has 2 aliphatic heterocycles. The molecule has 4 atom stereocenters. The van der Waals surface area contributed by atoms with E-state index in [9.17, 15) is 9.90 Å². The van der Waals surface area contributed by atoms with Gasteiger partial charge in [0.25, 0.3) is 5.91 Å². The number of hydrogen-bond acceptors (Lipinski definition) is 6. The van der Waals surface area contributed by atoms with E-state index in [1.807, 2.05) is 31.2 Å². The van der Waals surface area contributed by atoms with Gasteiger partial charge in [-0.2, -0.15) is 0 Å². The Labute approximate surface area is 234 Å². The first-order valence-electron chi connectivity index (χ1n) is 14.4. The fourth-order valence-corrected chi connectivity index (χ4v) is 5.81. The van der Waals surface area contributed by atoms with Gasteiger partial charge in [-0.1, -0.05) is 30.3 Å². The minimum absolute atomic E-state index is 0.00743. The molecule has 7 nitrogen and oxygen atoms in total. The van der Waals surface area contributed by atoms with Crippen molar-refractivity contribution >= 4 is 5.91 Å². The predicted octanol–water partition coefficient (Wildman–Crippen LogP) is 4.72. The van der Waals surface area contributed by atoms with E-state index in [-0.39, 0.29) is 24.8 Å². The normalized spacial score (nSPS) is 23.2. The van der Waals surface area contributed by atoms with E-state index in [0.717, 1.165) is 62.4 Å². The van der Waals surface area contributed by atoms with Gasteiger partial charge in [0.1, 0.15) is 5.75 Å². The van der Waals surface area contributed by atoms with Gasteiger partial charge in [0.05, 0.1) is 19.3 Å². The molecule has 1 amide bonds. The zero-order chi connectivity index (χ0) is 27.8. The first-order valence-corrected chi connectivity index (χ1v) is 14.4. The highest BCUT2D eigenvalue weighted by atomic mass is 16.7. The maximum absolute atomic E-state index is 13.0. The third-order valence-corrected chi connectivity index (χ3v) is 7.95. The van der Waals surface area contributed by atoms with Crippen LogP contribution in [0.4, 0.5) is 0 Å². The van der Waals surface area contributed by atoms with Crippen LogP contribution in [0, 0.1) is 0 Å². The summed E-state index contributed by atoms with van der Waals surface area (Å²) in [6.45, 7) is 14.8. The third kappa shape index (κ3) is 7.28. The van der Waals surface area contributed by atoms with Crippen molar-refractivity contribution in [2.75, 3.05) is 45.9 Å². The van der Waals surface area contributed by atoms with Crippen LogP contribution in [-0.4, -0.2) is 90.0 Å². The van der Waals surface area contributed by atoms with Crippen LogP contribution >= 0.6 is 0 Å². The second kappa shape index (κ2) is 14.1. The maximum Gasteiger partial charge on any atom is 0.253 e. The lowest BCUT2D eigenvalue weighted by Crippen LogP contribution is -2.57. The average Bonchev–Trinajstić information content (AvgIpc) is 2.95. The fourth-order valence-electron chi connectivity index (χ4n) is 5.81. The molecule has 0 aromatic heterocycles. The molecular formula is C32H45N3O4. The molecule has 2 aromatic carbocycles. The number of aliphatic hydroxyl groups is 1. The van der Waals surface area contributed by atoms with Crippen LogP contribution in [0.1, 0.15) is 67.6 Å². The van der Waals surface area contributed by atoms with E-state index in [4.69, 9.17) is 9.47 Å². The first-order chi connectivity index (χ1) is 18.9. The Hall–Kier alpha value is -2.71. The zero-order valence-corrected chi connectivity index (χ0v) is 23.8. The minimum atomic E-state index is -0.195. The number of ether oxygens (including phenoxy) is 2. The Morgan fingerprint density at radius 2 is 1.95 bits per heavy atom. The summed E-state index contributed by atoms with van der Waals surface area (Å²) in [7, 11) is 0. The monoisotopic (exact) mass is 535 g/mol. The first kappa shape index (κ1) is 29.3. The fraction of sp³-hybridized carbons (Fsp3) is 0.531. The Morgan fingerprint density at radius 1 is 1.15 bits per heavy atom. The molecule has 0 saturated carbocycles. The number of likely N-dealkylation sites (N-methyl/N-ethyl adjacent to an activating group) is 1. The molecule has 2 saturated heterocycles. The van der Waals surface area contributed by atoms with Crippen LogP contribution < -0.4 is 4.74 Å². The summed E-state index contributed by atoms with van der Waals surface area (Å²) < 4.78 is 12.1. The molecule has 2 unspecified atom stereocenters. The zero-order valence-electron chi connectivity index (χ0n) is 23.8. The van der Waals surface area contributed by atoms with E-state index < -0.39 is 0 Å². The van der Waals surface area contributed by atoms with Crippen molar-refractivity contribution in [1.29, 1.82) is 0 Å². The van der Waals surface area contributed by atoms with E-state index in [0.29, 0.717) is 30.7 Å². The van der Waals surface area contributed by atoms with Crippen LogP contribution in [0.3, 0.4) is 0 Å². The molecule has 2 heterocycles. The lowest BCUT2D eigenvalue weighted by Gasteiger charge is -2.47. The van der Waals surface area contributed by atoms with Gasteiger partial charge < -0.3 is 19.5 Å². The van der Waals surface area contributed by atoms with Gasteiger partial charge in [-0.05, 0) is 69.0 Å². The van der Waals surface area contributed by atoms with Gasteiger partial charge in [-0.25, -0.2) is 0 Å². The lowest BCUT2D eigenvalue weighted by atomic mass is 9.92. The number of hydrogen-bond donors (Lipinski definition) is 1. The van der Waals surface area contributed by atoms with Crippen LogP contribution in [0.25, 0.3) is 0 Å². The maximum atomic E-state index is 13.0. The SMILES string of the molecule is C=CCN1C[C@@H](C)N(C(c2ccc(C(=O)N(CC)CCO)cc2)c2cccc(OC3CCCCO3)c2)C[C@H]1C. The van der Waals surface area contributed by atoms with Crippen LogP contribution in [0.5, 0.6) is 5.75 Å². The van der Waals surface area contributed by atoms with Crippen molar-refractivity contribution in [2.24, 2.45) is 0 Å². The second-order valence-corrected chi connectivity index (χ2v) is 10.8. The topological polar surface area (TPSA) is 65.5 Å². The molecule has 4 rings (SSSR count). The molecule has 2 aromatic rings. The standard InChI is InChI=1S/C32H45N3O4/c1-5-17-34-22-25(4)35(23-24(34)3)31(26-13-15-27(16-14-26)32(37)33(6-2)18-19-36)28-10-9-11-29(21-28)39-30-12-7-8-20-38-30/h5,9-11,13-16,21,24-25,30-31,36H,1,6-8,12,17-20,22-23H2,2-4H3/t24-,25-,30?,31?/m1/s1. The Kier molecular flexibility index (Phi) is 10.6. The van der Waals surface area contributed by atoms with E-state index >= 15 is 0 Å². The number of benzene rings is 2. The van der Waals surface area contributed by atoms with Crippen LogP contribution in [-0.2, 0) is 4.74 Å². The van der Waals surface area contributed by atoms with Gasteiger partial charge in [-0.3, -0.25) is 14.6 Å². The Balaban J connectivity index is 1.65. The molecule has 7 heteroatoms. The smallest absolute Gasteiger partial charge is 0.253 e. The molecule has 0 bridgehead atoms. The summed E-state index contributed by atoms with van der Waals surface area (Å²) >= 11 is 0. The van der Waals surface area contributed by atoms with Gasteiger partial charge in [0.15, 0.2) is 6.29 Å². The Morgan fingerprint density at radius 3 is 2.62 bits per heavy atom. The van der Waals surface area contributed by atoms with E-state index in [1.165, 1.54) is 0 Å². The number of carbonyl (C=O) groups is 1. The number of carbonyl (C=O) groups excluding carboxylic acids is 1. The summed E-state index contributed by atoms with van der Waals surface area (Å²) in [6.07, 6.45) is 4.91. The van der Waals surface area contributed by atoms with Crippen molar-refractivity contribution in [1.82, 2.24) is 14.7 Å². The van der Waals surface area contributed by atoms with Gasteiger partial charge in [0.2, 0.25) is 0 Å². The quantitative estimate of drug-likeness (QED) is 0.420. The van der Waals surface area contributed by atoms with Crippen molar-refractivity contribution in [3.05, 3.63) is 77.9 Å². The van der Waals surface area contributed by atoms with Crippen LogP contribution in [0.2, 0.25) is 0 Å². The summed E-state index contributed by atoms with van der Waals surface area (Å²) in [5, 5.41) is 9.35. The molecule has 1 N–H and O–H groups in total. The summed E-state index contributed by atoms with van der Waals surface area (Å²) in [5.74, 6) is 0.766. The molecule has 39 heavy (non-hydrogen) atoms. The lowest BCUT2D eigenvalue weighted by molar-refractivity contribution is -0.105. The highest BCUT2D eigenvalue weighted by Gasteiger charge is 2.34. The number of piperazine rings is 1. The molecule has 212 valence electrons. The van der Waals surface area contributed by atoms with Gasteiger partial charge in [-0.15, -0.1) is 6.58 Å². The van der Waals surface area contributed by atoms with Crippen molar-refractivity contribution < 1.29 is 19.4 Å². The summed E-state index contributed by atoms with van der Waals surface area (Å²) in [6, 6.07) is 17.1. The summed E-state index contributed by atoms with van der Waals surface area (Å²) in [5.41, 5.74) is 2.93. The van der Waals surface area contributed by atoms with Crippen molar-refractivity contribution in [3.63, 3.8) is 0 Å². The van der Waals surface area contributed by atoms with Crippen molar-refractivity contribution in [2.45, 2.75) is 64.4 Å². The number of aliphatic hydroxyl groups excluding tert-OH is 1. The highest BCUT2D eigenvalue weighted by molar-refractivity contribution is 5.94. The minimum Gasteiger partial charge on any atom is -0.465 e. The van der Waals surface area contributed by atoms with Crippen molar-refractivity contribution in [3.8, 4) is 5.75 Å². The molecule has 2 aliphatic rings. The molecule has 2 fully saturated rings. The molecule has 0 aliphatic carbocycles. The van der Waals surface area contributed by atoms with E-state index in [2.05, 4.69) is 60.6 Å². The largest absolute Gasteiger partial charge is 0.465 e. The van der Waals surface area contributed by atoms with Gasteiger partial charge >= 0.3 is 0 Å². The molecule has 0 radical (unpaired) electrons.